The van der Waals surface area contributed by atoms with Crippen molar-refractivity contribution in [1.29, 1.82) is 0 Å². The second kappa shape index (κ2) is 4.70. The third-order valence-electron chi connectivity index (χ3n) is 3.71. The first-order valence-electron chi connectivity index (χ1n) is 5.76. The van der Waals surface area contributed by atoms with E-state index in [2.05, 4.69) is 17.5 Å². The minimum atomic E-state index is 0.952. The van der Waals surface area contributed by atoms with Crippen LogP contribution >= 0.6 is 12.6 Å². The van der Waals surface area contributed by atoms with Crippen molar-refractivity contribution in [2.45, 2.75) is 44.6 Å². The predicted octanol–water partition coefficient (Wildman–Crippen LogP) is 2.57. The van der Waals surface area contributed by atoms with Gasteiger partial charge in [0.25, 0.3) is 0 Å². The van der Waals surface area contributed by atoms with Crippen LogP contribution in [0.3, 0.4) is 0 Å². The lowest BCUT2D eigenvalue weighted by molar-refractivity contribution is 0.114. The summed E-state index contributed by atoms with van der Waals surface area (Å²) in [5.41, 5.74) is 0. The molecule has 1 nitrogen and oxygen atoms in total. The van der Waals surface area contributed by atoms with Gasteiger partial charge in [0.15, 0.2) is 0 Å². The SMILES string of the molecule is SCCCN1CCCC2CCCC21. The van der Waals surface area contributed by atoms with Gasteiger partial charge in [0.05, 0.1) is 0 Å². The van der Waals surface area contributed by atoms with Crippen molar-refractivity contribution < 1.29 is 0 Å². The molecule has 1 saturated carbocycles. The third-order valence-corrected chi connectivity index (χ3v) is 4.03. The van der Waals surface area contributed by atoms with Crippen molar-refractivity contribution >= 4 is 12.6 Å². The molecule has 0 amide bonds. The highest BCUT2D eigenvalue weighted by molar-refractivity contribution is 7.80. The predicted molar refractivity (Wildman–Crippen MR) is 60.4 cm³/mol. The average molecular weight is 199 g/mol. The number of fused-ring (bicyclic) bond motifs is 1. The molecule has 0 aromatic heterocycles. The lowest BCUT2D eigenvalue weighted by Gasteiger charge is -2.37. The molecule has 0 aromatic carbocycles. The van der Waals surface area contributed by atoms with Gasteiger partial charge in [-0.05, 0) is 56.9 Å². The molecule has 1 saturated heterocycles. The Morgan fingerprint density at radius 2 is 2.00 bits per heavy atom. The van der Waals surface area contributed by atoms with Crippen LogP contribution in [0.15, 0.2) is 0 Å². The molecule has 2 rings (SSSR count). The number of thiol groups is 1. The Kier molecular flexibility index (Phi) is 3.56. The molecule has 1 aliphatic carbocycles. The summed E-state index contributed by atoms with van der Waals surface area (Å²) in [4.78, 5) is 2.73. The summed E-state index contributed by atoms with van der Waals surface area (Å²) in [6.45, 7) is 2.65. The van der Waals surface area contributed by atoms with E-state index in [-0.39, 0.29) is 0 Å². The summed E-state index contributed by atoms with van der Waals surface area (Å²) in [5.74, 6) is 2.10. The van der Waals surface area contributed by atoms with E-state index in [0.29, 0.717) is 0 Å². The maximum Gasteiger partial charge on any atom is 0.0123 e. The van der Waals surface area contributed by atoms with Crippen LogP contribution in [-0.2, 0) is 0 Å². The summed E-state index contributed by atoms with van der Waals surface area (Å²) < 4.78 is 0. The van der Waals surface area contributed by atoms with E-state index in [9.17, 15) is 0 Å². The lowest BCUT2D eigenvalue weighted by atomic mass is 9.92. The van der Waals surface area contributed by atoms with Crippen molar-refractivity contribution in [3.63, 3.8) is 0 Å². The van der Waals surface area contributed by atoms with E-state index < -0.39 is 0 Å². The van der Waals surface area contributed by atoms with E-state index >= 15 is 0 Å². The van der Waals surface area contributed by atoms with Gasteiger partial charge in [0.1, 0.15) is 0 Å². The Hall–Kier alpha value is 0.310. The first-order chi connectivity index (χ1) is 6.42. The highest BCUT2D eigenvalue weighted by atomic mass is 32.1. The fourth-order valence-corrected chi connectivity index (χ4v) is 3.25. The molecule has 0 radical (unpaired) electrons. The molecular formula is C11H21NS. The number of nitrogens with zero attached hydrogens (tertiary/aromatic N) is 1. The minimum Gasteiger partial charge on any atom is -0.300 e. The summed E-state index contributed by atoms with van der Waals surface area (Å²) in [7, 11) is 0. The van der Waals surface area contributed by atoms with Crippen molar-refractivity contribution in [3.8, 4) is 0 Å². The van der Waals surface area contributed by atoms with Gasteiger partial charge in [-0.2, -0.15) is 12.6 Å². The van der Waals surface area contributed by atoms with Crippen molar-refractivity contribution in [1.82, 2.24) is 4.90 Å². The third kappa shape index (κ3) is 2.21. The van der Waals surface area contributed by atoms with Gasteiger partial charge in [-0.15, -0.1) is 0 Å². The van der Waals surface area contributed by atoms with Crippen LogP contribution in [0.25, 0.3) is 0 Å². The maximum absolute atomic E-state index is 4.29. The van der Waals surface area contributed by atoms with E-state index in [1.54, 1.807) is 0 Å². The largest absolute Gasteiger partial charge is 0.300 e. The first-order valence-corrected chi connectivity index (χ1v) is 6.40. The molecule has 2 heteroatoms. The molecule has 0 spiro atoms. The summed E-state index contributed by atoms with van der Waals surface area (Å²) >= 11 is 4.29. The van der Waals surface area contributed by atoms with Crippen LogP contribution < -0.4 is 0 Å². The molecule has 1 aliphatic heterocycles. The first kappa shape index (κ1) is 9.85. The molecule has 0 N–H and O–H groups in total. The molecule has 2 aliphatic rings. The normalized spacial score (nSPS) is 34.8. The Morgan fingerprint density at radius 1 is 1.15 bits per heavy atom. The number of rotatable bonds is 3. The fraction of sp³-hybridized carbons (Fsp3) is 1.00. The molecule has 0 bridgehead atoms. The summed E-state index contributed by atoms with van der Waals surface area (Å²) in [5, 5.41) is 0. The van der Waals surface area contributed by atoms with Gasteiger partial charge in [-0.25, -0.2) is 0 Å². The second-order valence-electron chi connectivity index (χ2n) is 4.51. The van der Waals surface area contributed by atoms with Crippen LogP contribution in [0, 0.1) is 5.92 Å². The zero-order chi connectivity index (χ0) is 9.10. The zero-order valence-electron chi connectivity index (χ0n) is 8.41. The van der Waals surface area contributed by atoms with E-state index in [4.69, 9.17) is 0 Å². The molecule has 1 heterocycles. The van der Waals surface area contributed by atoms with Crippen LogP contribution in [0.2, 0.25) is 0 Å². The van der Waals surface area contributed by atoms with Crippen LogP contribution in [0.4, 0.5) is 0 Å². The van der Waals surface area contributed by atoms with Crippen LogP contribution in [0.1, 0.15) is 38.5 Å². The monoisotopic (exact) mass is 199 g/mol. The number of likely N-dealkylation sites (tertiary alicyclic amines) is 1. The topological polar surface area (TPSA) is 3.24 Å². The van der Waals surface area contributed by atoms with Gasteiger partial charge in [-0.1, -0.05) is 6.42 Å². The molecule has 13 heavy (non-hydrogen) atoms. The Bertz CT molecular complexity index is 160. The number of hydrogen-bond donors (Lipinski definition) is 1. The second-order valence-corrected chi connectivity index (χ2v) is 4.96. The van der Waals surface area contributed by atoms with Gasteiger partial charge >= 0.3 is 0 Å². The van der Waals surface area contributed by atoms with Crippen molar-refractivity contribution in [2.24, 2.45) is 5.92 Å². The van der Waals surface area contributed by atoms with E-state index in [1.807, 2.05) is 0 Å². The fourth-order valence-electron chi connectivity index (χ4n) is 3.11. The highest BCUT2D eigenvalue weighted by Gasteiger charge is 2.34. The zero-order valence-corrected chi connectivity index (χ0v) is 9.31. The average Bonchev–Trinajstić information content (AvgIpc) is 2.62. The molecule has 76 valence electrons. The molecule has 2 atom stereocenters. The van der Waals surface area contributed by atoms with E-state index in [0.717, 1.165) is 17.7 Å². The standard InChI is InChI=1S/C11H21NS/c13-9-3-8-12-7-2-5-10-4-1-6-11(10)12/h10-11,13H,1-9H2. The Labute approximate surface area is 87.3 Å². The number of piperidine rings is 1. The summed E-state index contributed by atoms with van der Waals surface area (Å²) in [6.07, 6.45) is 8.66. The van der Waals surface area contributed by atoms with Gasteiger partial charge in [0.2, 0.25) is 0 Å². The Balaban J connectivity index is 1.86. The van der Waals surface area contributed by atoms with Gasteiger partial charge < -0.3 is 4.90 Å². The van der Waals surface area contributed by atoms with Gasteiger partial charge in [0, 0.05) is 6.04 Å². The molecule has 0 aromatic rings. The lowest BCUT2D eigenvalue weighted by Crippen LogP contribution is -2.43. The van der Waals surface area contributed by atoms with Crippen LogP contribution in [0.5, 0.6) is 0 Å². The highest BCUT2D eigenvalue weighted by Crippen LogP contribution is 2.36. The quantitative estimate of drug-likeness (QED) is 0.684. The molecular weight excluding hydrogens is 178 g/mol. The van der Waals surface area contributed by atoms with E-state index in [1.165, 1.54) is 51.6 Å². The number of hydrogen-bond acceptors (Lipinski definition) is 2. The maximum atomic E-state index is 4.29. The minimum absolute atomic E-state index is 0.952. The van der Waals surface area contributed by atoms with Crippen molar-refractivity contribution in [3.05, 3.63) is 0 Å². The van der Waals surface area contributed by atoms with Crippen molar-refractivity contribution in [2.75, 3.05) is 18.8 Å². The van der Waals surface area contributed by atoms with Crippen LogP contribution in [-0.4, -0.2) is 29.8 Å². The Morgan fingerprint density at radius 3 is 2.85 bits per heavy atom. The summed E-state index contributed by atoms with van der Waals surface area (Å²) in [6, 6.07) is 0.952. The van der Waals surface area contributed by atoms with Gasteiger partial charge in [-0.3, -0.25) is 0 Å². The molecule has 2 fully saturated rings. The smallest absolute Gasteiger partial charge is 0.0123 e. The molecule has 2 unspecified atom stereocenters.